The molecule has 98 valence electrons. The maximum Gasteiger partial charge on any atom is 0.249 e. The van der Waals surface area contributed by atoms with Gasteiger partial charge in [0.05, 0.1) is 17.9 Å². The Morgan fingerprint density at radius 2 is 1.84 bits per heavy atom. The molecule has 0 fully saturated rings. The monoisotopic (exact) mass is 257 g/mol. The molecule has 0 saturated heterocycles. The van der Waals surface area contributed by atoms with Crippen molar-refractivity contribution < 1.29 is 4.79 Å². The molecule has 0 saturated carbocycles. The van der Waals surface area contributed by atoms with Crippen molar-refractivity contribution in [2.75, 3.05) is 17.2 Å². The van der Waals surface area contributed by atoms with Crippen LogP contribution in [0.25, 0.3) is 0 Å². The van der Waals surface area contributed by atoms with Gasteiger partial charge < -0.3 is 5.32 Å². The highest BCUT2D eigenvalue weighted by atomic mass is 16.2. The molecule has 0 atom stereocenters. The van der Waals surface area contributed by atoms with Crippen molar-refractivity contribution in [3.05, 3.63) is 41.7 Å². The molecule has 0 radical (unpaired) electrons. The van der Waals surface area contributed by atoms with E-state index in [1.54, 1.807) is 0 Å². The first kappa shape index (κ1) is 12.9. The molecule has 0 bridgehead atoms. The normalized spacial score (nSPS) is 10.0. The molecule has 2 aromatic rings. The average Bonchev–Trinajstić information content (AvgIpc) is 2.42. The number of carbonyl (C=O) groups is 1. The second-order valence-electron chi connectivity index (χ2n) is 4.07. The molecule has 6 heteroatoms. The van der Waals surface area contributed by atoms with E-state index < -0.39 is 0 Å². The van der Waals surface area contributed by atoms with Gasteiger partial charge in [0.1, 0.15) is 0 Å². The predicted molar refractivity (Wildman–Crippen MR) is 72.9 cm³/mol. The standard InChI is InChI=1S/C13H15N5O/c1-9-10(2)17-18-13(15-9)16-12(19)8-14-11-6-4-3-5-7-11/h3-7,14H,8H2,1-2H3,(H,15,16,18,19). The van der Waals surface area contributed by atoms with E-state index in [2.05, 4.69) is 25.8 Å². The van der Waals surface area contributed by atoms with Gasteiger partial charge in [0.2, 0.25) is 11.9 Å². The number of aryl methyl sites for hydroxylation is 2. The van der Waals surface area contributed by atoms with Crippen LogP contribution in [-0.4, -0.2) is 27.6 Å². The van der Waals surface area contributed by atoms with Crippen LogP contribution in [0, 0.1) is 13.8 Å². The summed E-state index contributed by atoms with van der Waals surface area (Å²) in [5.41, 5.74) is 2.39. The number of hydrogen-bond donors (Lipinski definition) is 2. The van der Waals surface area contributed by atoms with E-state index in [1.165, 1.54) is 0 Å². The highest BCUT2D eigenvalue weighted by Crippen LogP contribution is 2.05. The summed E-state index contributed by atoms with van der Waals surface area (Å²) in [5.74, 6) is 0.0110. The number of para-hydroxylation sites is 1. The zero-order valence-corrected chi connectivity index (χ0v) is 10.8. The minimum absolute atomic E-state index is 0.153. The first-order chi connectivity index (χ1) is 9.15. The van der Waals surface area contributed by atoms with E-state index >= 15 is 0 Å². The summed E-state index contributed by atoms with van der Waals surface area (Å²) >= 11 is 0. The molecule has 0 aliphatic carbocycles. The molecule has 1 amide bonds. The number of hydrogen-bond acceptors (Lipinski definition) is 5. The number of carbonyl (C=O) groups excluding carboxylic acids is 1. The molecule has 6 nitrogen and oxygen atoms in total. The van der Waals surface area contributed by atoms with Crippen LogP contribution in [0.3, 0.4) is 0 Å². The van der Waals surface area contributed by atoms with Crippen molar-refractivity contribution in [2.24, 2.45) is 0 Å². The summed E-state index contributed by atoms with van der Waals surface area (Å²) < 4.78 is 0. The van der Waals surface area contributed by atoms with Gasteiger partial charge in [-0.1, -0.05) is 18.2 Å². The number of nitrogens with one attached hydrogen (secondary N) is 2. The fraction of sp³-hybridized carbons (Fsp3) is 0.231. The van der Waals surface area contributed by atoms with Crippen molar-refractivity contribution in [1.29, 1.82) is 0 Å². The Morgan fingerprint density at radius 1 is 1.11 bits per heavy atom. The number of nitrogens with zero attached hydrogens (tertiary/aromatic N) is 3. The Kier molecular flexibility index (Phi) is 4.02. The minimum Gasteiger partial charge on any atom is -0.376 e. The molecular formula is C13H15N5O. The lowest BCUT2D eigenvalue weighted by molar-refractivity contribution is -0.114. The van der Waals surface area contributed by atoms with Crippen molar-refractivity contribution in [2.45, 2.75) is 13.8 Å². The molecular weight excluding hydrogens is 242 g/mol. The van der Waals surface area contributed by atoms with Crippen molar-refractivity contribution in [3.8, 4) is 0 Å². The fourth-order valence-corrected chi connectivity index (χ4v) is 1.42. The highest BCUT2D eigenvalue weighted by molar-refractivity contribution is 5.92. The molecule has 1 aromatic heterocycles. The molecule has 19 heavy (non-hydrogen) atoms. The summed E-state index contributed by atoms with van der Waals surface area (Å²) in [4.78, 5) is 15.8. The van der Waals surface area contributed by atoms with Crippen LogP contribution in [0.2, 0.25) is 0 Å². The van der Waals surface area contributed by atoms with Gasteiger partial charge in [0, 0.05) is 5.69 Å². The lowest BCUT2D eigenvalue weighted by Crippen LogP contribution is -2.23. The van der Waals surface area contributed by atoms with Gasteiger partial charge in [-0.2, -0.15) is 5.10 Å². The number of anilines is 2. The minimum atomic E-state index is -0.214. The predicted octanol–water partition coefficient (Wildman–Crippen LogP) is 1.54. The molecule has 0 aliphatic heterocycles. The molecule has 1 heterocycles. The van der Waals surface area contributed by atoms with E-state index in [9.17, 15) is 4.79 Å². The Labute approximate surface area is 111 Å². The molecule has 2 N–H and O–H groups in total. The smallest absolute Gasteiger partial charge is 0.249 e. The van der Waals surface area contributed by atoms with Gasteiger partial charge in [0.15, 0.2) is 0 Å². The maximum absolute atomic E-state index is 11.7. The lowest BCUT2D eigenvalue weighted by Gasteiger charge is -2.07. The zero-order valence-electron chi connectivity index (χ0n) is 10.8. The third-order valence-corrected chi connectivity index (χ3v) is 2.57. The van der Waals surface area contributed by atoms with E-state index in [4.69, 9.17) is 0 Å². The van der Waals surface area contributed by atoms with E-state index in [-0.39, 0.29) is 18.4 Å². The van der Waals surface area contributed by atoms with E-state index in [1.807, 2.05) is 44.2 Å². The Morgan fingerprint density at radius 3 is 2.53 bits per heavy atom. The van der Waals surface area contributed by atoms with Crippen LogP contribution in [0.1, 0.15) is 11.4 Å². The summed E-state index contributed by atoms with van der Waals surface area (Å²) in [6.07, 6.45) is 0. The average molecular weight is 257 g/mol. The Hall–Kier alpha value is -2.50. The largest absolute Gasteiger partial charge is 0.376 e. The zero-order chi connectivity index (χ0) is 13.7. The third-order valence-electron chi connectivity index (χ3n) is 2.57. The quantitative estimate of drug-likeness (QED) is 0.868. The second kappa shape index (κ2) is 5.90. The van der Waals surface area contributed by atoms with Gasteiger partial charge in [0.25, 0.3) is 0 Å². The van der Waals surface area contributed by atoms with Crippen LogP contribution in [0.5, 0.6) is 0 Å². The van der Waals surface area contributed by atoms with Gasteiger partial charge >= 0.3 is 0 Å². The first-order valence-electron chi connectivity index (χ1n) is 5.92. The van der Waals surface area contributed by atoms with Gasteiger partial charge in [-0.3, -0.25) is 10.1 Å². The van der Waals surface area contributed by atoms with Gasteiger partial charge in [-0.15, -0.1) is 5.10 Å². The summed E-state index contributed by atoms with van der Waals surface area (Å²) in [6.45, 7) is 3.79. The van der Waals surface area contributed by atoms with Crippen molar-refractivity contribution >= 4 is 17.5 Å². The number of aromatic nitrogens is 3. The molecule has 2 rings (SSSR count). The maximum atomic E-state index is 11.7. The Balaban J connectivity index is 1.89. The van der Waals surface area contributed by atoms with E-state index in [0.29, 0.717) is 0 Å². The fourth-order valence-electron chi connectivity index (χ4n) is 1.42. The van der Waals surface area contributed by atoms with Gasteiger partial charge in [-0.25, -0.2) is 4.98 Å². The number of rotatable bonds is 4. The summed E-state index contributed by atoms with van der Waals surface area (Å²) in [6, 6.07) is 9.50. The molecule has 0 spiro atoms. The van der Waals surface area contributed by atoms with Crippen LogP contribution >= 0.6 is 0 Å². The van der Waals surface area contributed by atoms with Crippen molar-refractivity contribution in [3.63, 3.8) is 0 Å². The summed E-state index contributed by atoms with van der Waals surface area (Å²) in [5, 5.41) is 13.3. The lowest BCUT2D eigenvalue weighted by atomic mass is 10.3. The van der Waals surface area contributed by atoms with Crippen LogP contribution < -0.4 is 10.6 Å². The van der Waals surface area contributed by atoms with Crippen LogP contribution in [0.4, 0.5) is 11.6 Å². The highest BCUT2D eigenvalue weighted by Gasteiger charge is 2.06. The molecule has 0 aliphatic rings. The second-order valence-corrected chi connectivity index (χ2v) is 4.07. The van der Waals surface area contributed by atoms with Crippen LogP contribution in [0.15, 0.2) is 30.3 Å². The molecule has 0 unspecified atom stereocenters. The first-order valence-corrected chi connectivity index (χ1v) is 5.92. The third kappa shape index (κ3) is 3.74. The number of amides is 1. The Bertz CT molecular complexity index is 571. The van der Waals surface area contributed by atoms with Crippen molar-refractivity contribution in [1.82, 2.24) is 15.2 Å². The molecule has 1 aromatic carbocycles. The van der Waals surface area contributed by atoms with Crippen LogP contribution in [-0.2, 0) is 4.79 Å². The SMILES string of the molecule is Cc1nnc(NC(=O)CNc2ccccc2)nc1C. The van der Waals surface area contributed by atoms with Gasteiger partial charge in [-0.05, 0) is 26.0 Å². The topological polar surface area (TPSA) is 79.8 Å². The summed E-state index contributed by atoms with van der Waals surface area (Å²) in [7, 11) is 0. The number of benzene rings is 1. The van der Waals surface area contributed by atoms with E-state index in [0.717, 1.165) is 17.1 Å².